The monoisotopic (exact) mass is 465 g/mol. The van der Waals surface area contributed by atoms with Gasteiger partial charge in [-0.3, -0.25) is 0 Å². The zero-order valence-corrected chi connectivity index (χ0v) is 20.5. The highest BCUT2D eigenvalue weighted by Gasteiger charge is 2.24. The van der Waals surface area contributed by atoms with E-state index >= 15 is 0 Å². The van der Waals surface area contributed by atoms with Gasteiger partial charge >= 0.3 is 0 Å². The molecule has 36 heavy (non-hydrogen) atoms. The first-order chi connectivity index (χ1) is 17.6. The summed E-state index contributed by atoms with van der Waals surface area (Å²) in [5, 5.41) is 12.1. The van der Waals surface area contributed by atoms with Crippen LogP contribution in [0.15, 0.2) is 102 Å². The van der Waals surface area contributed by atoms with E-state index in [1.165, 1.54) is 11.1 Å². The van der Waals surface area contributed by atoms with Crippen molar-refractivity contribution < 1.29 is 8.98 Å². The van der Waals surface area contributed by atoms with Gasteiger partial charge in [-0.1, -0.05) is 54.6 Å². The summed E-state index contributed by atoms with van der Waals surface area (Å²) in [4.78, 5) is 0. The third-order valence-electron chi connectivity index (χ3n) is 7.16. The molecule has 0 spiro atoms. The molecule has 0 atom stereocenters. The fourth-order valence-corrected chi connectivity index (χ4v) is 5.13. The summed E-state index contributed by atoms with van der Waals surface area (Å²) < 4.78 is 8.83. The molecule has 0 fully saturated rings. The Labute approximate surface area is 210 Å². The Morgan fingerprint density at radius 2 is 1.36 bits per heavy atom. The standard InChI is InChI=1S/C33H25N2O/c1-21-19-28-27-17-16-26(20-34)31(25-14-12-24(13-15-25)23-9-5-4-6-10-23)32(27)36-33(28)30(22(21)2)29-11-7-8-18-35(29)3/h4-19H,1-3H3/q+1. The topological polar surface area (TPSA) is 40.8 Å². The lowest BCUT2D eigenvalue weighted by Crippen LogP contribution is -2.30. The van der Waals surface area contributed by atoms with E-state index in [9.17, 15) is 5.26 Å². The first-order valence-electron chi connectivity index (χ1n) is 12.1. The molecule has 0 unspecified atom stereocenters. The van der Waals surface area contributed by atoms with Crippen molar-refractivity contribution in [1.29, 1.82) is 5.26 Å². The van der Waals surface area contributed by atoms with E-state index in [1.807, 2.05) is 36.4 Å². The van der Waals surface area contributed by atoms with Gasteiger partial charge in [-0.25, -0.2) is 4.57 Å². The number of fused-ring (bicyclic) bond motifs is 3. The molecule has 0 amide bonds. The van der Waals surface area contributed by atoms with Crippen LogP contribution in [0.4, 0.5) is 0 Å². The van der Waals surface area contributed by atoms with Gasteiger partial charge in [0.05, 0.1) is 17.2 Å². The summed E-state index contributed by atoms with van der Waals surface area (Å²) in [6.45, 7) is 4.29. The van der Waals surface area contributed by atoms with Crippen molar-refractivity contribution >= 4 is 21.9 Å². The minimum atomic E-state index is 0.606. The van der Waals surface area contributed by atoms with Gasteiger partial charge in [-0.05, 0) is 65.9 Å². The molecule has 172 valence electrons. The molecule has 6 aromatic rings. The largest absolute Gasteiger partial charge is 0.454 e. The summed E-state index contributed by atoms with van der Waals surface area (Å²) in [5.74, 6) is 0. The van der Waals surface area contributed by atoms with Gasteiger partial charge in [0.2, 0.25) is 5.69 Å². The number of rotatable bonds is 3. The van der Waals surface area contributed by atoms with Crippen molar-refractivity contribution in [2.75, 3.05) is 0 Å². The molecular weight excluding hydrogens is 440 g/mol. The number of hydrogen-bond acceptors (Lipinski definition) is 2. The van der Waals surface area contributed by atoms with Gasteiger partial charge in [0, 0.05) is 28.5 Å². The molecule has 4 aromatic carbocycles. The van der Waals surface area contributed by atoms with Crippen LogP contribution < -0.4 is 4.57 Å². The number of pyridine rings is 1. The molecule has 3 nitrogen and oxygen atoms in total. The molecular formula is C33H25N2O+. The second kappa shape index (κ2) is 8.52. The van der Waals surface area contributed by atoms with E-state index in [-0.39, 0.29) is 0 Å². The second-order valence-electron chi connectivity index (χ2n) is 9.29. The Hall–Kier alpha value is -4.68. The fraction of sp³-hybridized carbons (Fsp3) is 0.0909. The predicted octanol–water partition coefficient (Wildman–Crippen LogP) is 7.90. The molecule has 0 bridgehead atoms. The minimum Gasteiger partial charge on any atom is -0.454 e. The lowest BCUT2D eigenvalue weighted by molar-refractivity contribution is -0.660. The lowest BCUT2D eigenvalue weighted by atomic mass is 9.93. The van der Waals surface area contributed by atoms with Gasteiger partial charge in [0.25, 0.3) is 0 Å². The van der Waals surface area contributed by atoms with Crippen LogP contribution in [-0.4, -0.2) is 0 Å². The van der Waals surface area contributed by atoms with Gasteiger partial charge < -0.3 is 4.42 Å². The number of nitriles is 1. The van der Waals surface area contributed by atoms with Crippen molar-refractivity contribution in [3.8, 4) is 39.6 Å². The van der Waals surface area contributed by atoms with Crippen LogP contribution in [0.2, 0.25) is 0 Å². The second-order valence-corrected chi connectivity index (χ2v) is 9.29. The van der Waals surface area contributed by atoms with Crippen molar-refractivity contribution in [3.63, 3.8) is 0 Å². The molecule has 0 aliphatic rings. The van der Waals surface area contributed by atoms with Crippen LogP contribution in [-0.2, 0) is 7.05 Å². The molecule has 0 radical (unpaired) electrons. The Morgan fingerprint density at radius 3 is 2.08 bits per heavy atom. The van der Waals surface area contributed by atoms with Crippen molar-refractivity contribution in [2.24, 2.45) is 7.05 Å². The maximum atomic E-state index is 10.0. The SMILES string of the molecule is Cc1cc2c(oc3c(-c4ccc(-c5ccccc5)cc4)c(C#N)ccc32)c(-c2cccc[n+]2C)c1C. The fourth-order valence-electron chi connectivity index (χ4n) is 5.13. The Morgan fingerprint density at radius 1 is 0.694 bits per heavy atom. The molecule has 0 aliphatic carbocycles. The molecule has 0 aliphatic heterocycles. The number of furan rings is 1. The minimum absolute atomic E-state index is 0.606. The maximum Gasteiger partial charge on any atom is 0.216 e. The lowest BCUT2D eigenvalue weighted by Gasteiger charge is -2.08. The number of hydrogen-bond donors (Lipinski definition) is 0. The van der Waals surface area contributed by atoms with Crippen LogP contribution in [0.25, 0.3) is 55.4 Å². The number of nitrogens with zero attached hydrogens (tertiary/aromatic N) is 2. The highest BCUT2D eigenvalue weighted by molar-refractivity contribution is 6.14. The molecule has 0 saturated heterocycles. The number of aryl methyl sites for hydroxylation is 2. The summed E-state index contributed by atoms with van der Waals surface area (Å²) >= 11 is 0. The Bertz CT molecular complexity index is 1800. The van der Waals surface area contributed by atoms with Crippen molar-refractivity contribution in [1.82, 2.24) is 0 Å². The van der Waals surface area contributed by atoms with Crippen LogP contribution in [0, 0.1) is 25.2 Å². The number of aromatic nitrogens is 1. The molecule has 6 rings (SSSR count). The first-order valence-corrected chi connectivity index (χ1v) is 12.1. The van der Waals surface area contributed by atoms with Crippen molar-refractivity contribution in [3.05, 3.63) is 114 Å². The first kappa shape index (κ1) is 21.8. The van der Waals surface area contributed by atoms with Crippen LogP contribution in [0.1, 0.15) is 16.7 Å². The highest BCUT2D eigenvalue weighted by atomic mass is 16.3. The normalized spacial score (nSPS) is 11.2. The van der Waals surface area contributed by atoms with Gasteiger partial charge in [0.1, 0.15) is 18.2 Å². The summed E-state index contributed by atoms with van der Waals surface area (Å²) in [6, 6.07) is 33.4. The predicted molar refractivity (Wildman–Crippen MR) is 145 cm³/mol. The molecule has 2 heterocycles. The third kappa shape index (κ3) is 3.39. The van der Waals surface area contributed by atoms with Crippen molar-refractivity contribution in [2.45, 2.75) is 13.8 Å². The van der Waals surface area contributed by atoms with E-state index < -0.39 is 0 Å². The highest BCUT2D eigenvalue weighted by Crippen LogP contribution is 2.43. The van der Waals surface area contributed by atoms with E-state index in [1.54, 1.807) is 0 Å². The summed E-state index contributed by atoms with van der Waals surface area (Å²) in [7, 11) is 2.05. The molecule has 0 saturated carbocycles. The quantitative estimate of drug-likeness (QED) is 0.249. The van der Waals surface area contributed by atoms with E-state index in [0.29, 0.717) is 5.56 Å². The zero-order chi connectivity index (χ0) is 24.8. The van der Waals surface area contributed by atoms with Crippen LogP contribution in [0.3, 0.4) is 0 Å². The maximum absolute atomic E-state index is 10.0. The van der Waals surface area contributed by atoms with E-state index in [2.05, 4.69) is 92.3 Å². The molecule has 3 heteroatoms. The smallest absolute Gasteiger partial charge is 0.216 e. The Kier molecular flexibility index (Phi) is 5.16. The summed E-state index contributed by atoms with van der Waals surface area (Å²) in [5.41, 5.74) is 10.9. The van der Waals surface area contributed by atoms with Crippen LogP contribution >= 0.6 is 0 Å². The van der Waals surface area contributed by atoms with E-state index in [0.717, 1.165) is 55.4 Å². The van der Waals surface area contributed by atoms with Gasteiger partial charge in [-0.15, -0.1) is 0 Å². The van der Waals surface area contributed by atoms with E-state index in [4.69, 9.17) is 4.42 Å². The van der Waals surface area contributed by atoms with Crippen LogP contribution in [0.5, 0.6) is 0 Å². The molecule has 0 N–H and O–H groups in total. The average molecular weight is 466 g/mol. The molecule has 2 aromatic heterocycles. The Balaban J connectivity index is 1.64. The average Bonchev–Trinajstić information content (AvgIpc) is 3.28. The third-order valence-corrected chi connectivity index (χ3v) is 7.16. The number of benzene rings is 4. The summed E-state index contributed by atoms with van der Waals surface area (Å²) in [6.07, 6.45) is 2.05. The van der Waals surface area contributed by atoms with Gasteiger partial charge in [-0.2, -0.15) is 5.26 Å². The zero-order valence-electron chi connectivity index (χ0n) is 20.5. The van der Waals surface area contributed by atoms with Gasteiger partial charge in [0.15, 0.2) is 6.20 Å².